The average molecular weight is 297 g/mol. The van der Waals surface area contributed by atoms with Crippen molar-refractivity contribution < 1.29 is 27.4 Å². The molecule has 0 aromatic rings. The summed E-state index contributed by atoms with van der Waals surface area (Å²) >= 11 is 0. The molecule has 0 spiro atoms. The van der Waals surface area contributed by atoms with Crippen molar-refractivity contribution in [3.05, 3.63) is 0 Å². The lowest BCUT2D eigenvalue weighted by Crippen LogP contribution is -2.41. The highest BCUT2D eigenvalue weighted by Gasteiger charge is 2.43. The van der Waals surface area contributed by atoms with Gasteiger partial charge in [-0.1, -0.05) is 6.92 Å². The number of nitrogens with zero attached hydrogens (tertiary/aromatic N) is 1. The van der Waals surface area contributed by atoms with Gasteiger partial charge in [0.1, 0.15) is 12.2 Å². The van der Waals surface area contributed by atoms with Gasteiger partial charge in [0.2, 0.25) is 0 Å². The quantitative estimate of drug-likeness (QED) is 0.802. The number of hydrogen-bond acceptors (Lipinski definition) is 3. The molecule has 1 rings (SSSR count). The van der Waals surface area contributed by atoms with E-state index in [4.69, 9.17) is 9.47 Å². The standard InChI is InChI=1S/C13H22F3NO3/c1-5-12(19-9-13(14,15)16)6-7-17(8-12)10(18)20-11(2,3)4/h5-9H2,1-4H3. The van der Waals surface area contributed by atoms with E-state index >= 15 is 0 Å². The second-order valence-corrected chi connectivity index (χ2v) is 6.09. The van der Waals surface area contributed by atoms with E-state index in [2.05, 4.69) is 0 Å². The summed E-state index contributed by atoms with van der Waals surface area (Å²) in [6.07, 6.45) is -4.06. The maximum atomic E-state index is 12.3. The van der Waals surface area contributed by atoms with Gasteiger partial charge in [0.25, 0.3) is 0 Å². The summed E-state index contributed by atoms with van der Waals surface area (Å²) in [7, 11) is 0. The summed E-state index contributed by atoms with van der Waals surface area (Å²) in [5.41, 5.74) is -1.55. The first-order valence-electron chi connectivity index (χ1n) is 6.65. The van der Waals surface area contributed by atoms with Crippen LogP contribution in [0.25, 0.3) is 0 Å². The van der Waals surface area contributed by atoms with Crippen LogP contribution in [0.4, 0.5) is 18.0 Å². The van der Waals surface area contributed by atoms with Crippen LogP contribution in [-0.2, 0) is 9.47 Å². The van der Waals surface area contributed by atoms with Gasteiger partial charge in [-0.2, -0.15) is 13.2 Å². The summed E-state index contributed by atoms with van der Waals surface area (Å²) < 4.78 is 47.0. The van der Waals surface area contributed by atoms with Crippen LogP contribution < -0.4 is 0 Å². The molecule has 1 fully saturated rings. The van der Waals surface area contributed by atoms with Crippen LogP contribution in [0.1, 0.15) is 40.5 Å². The minimum absolute atomic E-state index is 0.133. The number of amides is 1. The zero-order valence-corrected chi connectivity index (χ0v) is 12.3. The highest BCUT2D eigenvalue weighted by Crippen LogP contribution is 2.31. The van der Waals surface area contributed by atoms with Crippen LogP contribution in [0.3, 0.4) is 0 Å². The third kappa shape index (κ3) is 5.19. The minimum Gasteiger partial charge on any atom is -0.444 e. The Morgan fingerprint density at radius 3 is 2.35 bits per heavy atom. The Morgan fingerprint density at radius 2 is 1.90 bits per heavy atom. The number of likely N-dealkylation sites (tertiary alicyclic amines) is 1. The van der Waals surface area contributed by atoms with E-state index in [1.54, 1.807) is 27.7 Å². The maximum Gasteiger partial charge on any atom is 0.411 e. The first-order valence-corrected chi connectivity index (χ1v) is 6.65. The number of hydrogen-bond donors (Lipinski definition) is 0. The number of alkyl halides is 3. The summed E-state index contributed by atoms with van der Waals surface area (Å²) in [4.78, 5) is 13.3. The molecule has 0 aromatic heterocycles. The molecule has 0 N–H and O–H groups in total. The molecule has 1 amide bonds. The molecule has 0 radical (unpaired) electrons. The molecule has 7 heteroatoms. The number of carbonyl (C=O) groups excluding carboxylic acids is 1. The lowest BCUT2D eigenvalue weighted by molar-refractivity contribution is -0.203. The lowest BCUT2D eigenvalue weighted by Gasteiger charge is -2.29. The van der Waals surface area contributed by atoms with Crippen LogP contribution in [-0.4, -0.2) is 48.1 Å². The van der Waals surface area contributed by atoms with Gasteiger partial charge >= 0.3 is 12.3 Å². The first-order chi connectivity index (χ1) is 8.96. The Hall–Kier alpha value is -0.980. The van der Waals surface area contributed by atoms with E-state index in [9.17, 15) is 18.0 Å². The van der Waals surface area contributed by atoms with E-state index in [0.29, 0.717) is 19.4 Å². The fourth-order valence-electron chi connectivity index (χ4n) is 2.07. The van der Waals surface area contributed by atoms with Crippen LogP contribution >= 0.6 is 0 Å². The fourth-order valence-corrected chi connectivity index (χ4v) is 2.07. The molecular formula is C13H22F3NO3. The molecule has 118 valence electrons. The average Bonchev–Trinajstić information content (AvgIpc) is 2.68. The second kappa shape index (κ2) is 5.79. The summed E-state index contributed by atoms with van der Waals surface area (Å²) in [5, 5.41) is 0. The van der Waals surface area contributed by atoms with Gasteiger partial charge in [0.15, 0.2) is 0 Å². The monoisotopic (exact) mass is 297 g/mol. The number of halogens is 3. The zero-order chi connectivity index (χ0) is 15.6. The SMILES string of the molecule is CCC1(OCC(F)(F)F)CCN(C(=O)OC(C)(C)C)C1. The van der Waals surface area contributed by atoms with Crippen molar-refractivity contribution in [2.75, 3.05) is 19.7 Å². The lowest BCUT2D eigenvalue weighted by atomic mass is 10.00. The van der Waals surface area contributed by atoms with Gasteiger partial charge in [-0.15, -0.1) is 0 Å². The third-order valence-corrected chi connectivity index (χ3v) is 3.15. The molecule has 1 unspecified atom stereocenters. The Labute approximate surface area is 117 Å². The normalized spacial score (nSPS) is 24.1. The van der Waals surface area contributed by atoms with Gasteiger partial charge in [-0.3, -0.25) is 0 Å². The van der Waals surface area contributed by atoms with E-state index < -0.39 is 30.1 Å². The summed E-state index contributed by atoms with van der Waals surface area (Å²) in [6.45, 7) is 6.18. The topological polar surface area (TPSA) is 38.8 Å². The van der Waals surface area contributed by atoms with Crippen molar-refractivity contribution in [2.24, 2.45) is 0 Å². The van der Waals surface area contributed by atoms with Gasteiger partial charge in [0.05, 0.1) is 12.1 Å². The van der Waals surface area contributed by atoms with E-state index in [1.165, 1.54) is 4.90 Å². The Kier molecular flexibility index (Phi) is 4.94. The smallest absolute Gasteiger partial charge is 0.411 e. The highest BCUT2D eigenvalue weighted by atomic mass is 19.4. The van der Waals surface area contributed by atoms with E-state index in [-0.39, 0.29) is 6.54 Å². The van der Waals surface area contributed by atoms with E-state index in [1.807, 2.05) is 0 Å². The van der Waals surface area contributed by atoms with Crippen molar-refractivity contribution >= 4 is 6.09 Å². The van der Waals surface area contributed by atoms with Gasteiger partial charge in [0, 0.05) is 6.54 Å². The van der Waals surface area contributed by atoms with Crippen molar-refractivity contribution in [3.63, 3.8) is 0 Å². The molecule has 1 saturated heterocycles. The highest BCUT2D eigenvalue weighted by molar-refractivity contribution is 5.68. The van der Waals surface area contributed by atoms with Crippen LogP contribution in [0, 0.1) is 0 Å². The molecule has 1 aliphatic rings. The Balaban J connectivity index is 2.60. The van der Waals surface area contributed by atoms with Crippen molar-refractivity contribution in [2.45, 2.75) is 57.9 Å². The van der Waals surface area contributed by atoms with E-state index in [0.717, 1.165) is 0 Å². The van der Waals surface area contributed by atoms with Crippen LogP contribution in [0.15, 0.2) is 0 Å². The fraction of sp³-hybridized carbons (Fsp3) is 0.923. The molecule has 0 bridgehead atoms. The maximum absolute atomic E-state index is 12.3. The predicted octanol–water partition coefficient (Wildman–Crippen LogP) is 3.35. The molecule has 1 aliphatic heterocycles. The summed E-state index contributed by atoms with van der Waals surface area (Å²) in [5.74, 6) is 0. The first kappa shape index (κ1) is 17.1. The molecule has 4 nitrogen and oxygen atoms in total. The van der Waals surface area contributed by atoms with Crippen LogP contribution in [0.2, 0.25) is 0 Å². The number of rotatable bonds is 3. The number of carbonyl (C=O) groups is 1. The van der Waals surface area contributed by atoms with Crippen molar-refractivity contribution in [1.82, 2.24) is 4.90 Å². The predicted molar refractivity (Wildman–Crippen MR) is 67.5 cm³/mol. The molecule has 1 atom stereocenters. The molecule has 20 heavy (non-hydrogen) atoms. The van der Waals surface area contributed by atoms with Gasteiger partial charge in [-0.25, -0.2) is 4.79 Å². The molecule has 0 saturated carbocycles. The Bertz CT molecular complexity index is 352. The zero-order valence-electron chi connectivity index (χ0n) is 12.3. The molecule has 0 aliphatic carbocycles. The van der Waals surface area contributed by atoms with Gasteiger partial charge < -0.3 is 14.4 Å². The summed E-state index contributed by atoms with van der Waals surface area (Å²) in [6, 6.07) is 0. The van der Waals surface area contributed by atoms with Crippen molar-refractivity contribution in [3.8, 4) is 0 Å². The molecule has 1 heterocycles. The minimum atomic E-state index is -4.36. The number of ether oxygens (including phenoxy) is 2. The van der Waals surface area contributed by atoms with Crippen LogP contribution in [0.5, 0.6) is 0 Å². The third-order valence-electron chi connectivity index (χ3n) is 3.15. The Morgan fingerprint density at radius 1 is 1.30 bits per heavy atom. The molecular weight excluding hydrogens is 275 g/mol. The van der Waals surface area contributed by atoms with Crippen molar-refractivity contribution in [1.29, 1.82) is 0 Å². The molecule has 0 aromatic carbocycles. The largest absolute Gasteiger partial charge is 0.444 e. The second-order valence-electron chi connectivity index (χ2n) is 6.09. The van der Waals surface area contributed by atoms with Gasteiger partial charge in [-0.05, 0) is 33.6 Å².